The molecule has 92 valence electrons. The zero-order valence-corrected chi connectivity index (χ0v) is 11.2. The smallest absolute Gasteiger partial charge is 0.280 e. The lowest BCUT2D eigenvalue weighted by molar-refractivity contribution is 0.348. The summed E-state index contributed by atoms with van der Waals surface area (Å²) in [5.41, 5.74) is 0.625. The number of nitrogens with one attached hydrogen (secondary N) is 2. The first kappa shape index (κ1) is 11.3. The largest absolute Gasteiger partial charge is 0.382 e. The van der Waals surface area contributed by atoms with Crippen LogP contribution in [0, 0.1) is 17.8 Å². The Bertz CT molecular complexity index is 473. The van der Waals surface area contributed by atoms with E-state index < -0.39 is 0 Å². The zero-order chi connectivity index (χ0) is 11.8. The Morgan fingerprint density at radius 1 is 1.47 bits per heavy atom. The number of fused-ring (bicyclic) bond motifs is 2. The highest BCUT2D eigenvalue weighted by Crippen LogP contribution is 2.48. The Morgan fingerprint density at radius 2 is 2.35 bits per heavy atom. The van der Waals surface area contributed by atoms with Crippen molar-refractivity contribution >= 4 is 21.6 Å². The maximum absolute atomic E-state index is 11.4. The van der Waals surface area contributed by atoms with Crippen LogP contribution in [0.25, 0.3) is 0 Å². The number of H-pyrrole nitrogens is 1. The third-order valence-corrected chi connectivity index (χ3v) is 5.02. The lowest BCUT2D eigenvalue weighted by Gasteiger charge is -2.22. The number of hydrogen-bond acceptors (Lipinski definition) is 3. The molecule has 4 nitrogen and oxygen atoms in total. The number of aromatic amines is 1. The fraction of sp³-hybridized carbons (Fsp3) is 0.667. The van der Waals surface area contributed by atoms with E-state index in [1.54, 1.807) is 6.20 Å². The highest BCUT2D eigenvalue weighted by atomic mass is 79.9. The predicted molar refractivity (Wildman–Crippen MR) is 70.0 cm³/mol. The number of rotatable bonds is 3. The minimum absolute atomic E-state index is 0.178. The molecule has 2 aliphatic carbocycles. The number of nitrogens with zero attached hydrogens (tertiary/aromatic N) is 1. The van der Waals surface area contributed by atoms with Crippen molar-refractivity contribution in [3.63, 3.8) is 0 Å². The molecule has 2 fully saturated rings. The predicted octanol–water partition coefficient (Wildman–Crippen LogP) is 2.38. The summed E-state index contributed by atoms with van der Waals surface area (Å²) < 4.78 is 0.552. The van der Waals surface area contributed by atoms with E-state index in [9.17, 15) is 4.79 Å². The highest BCUT2D eigenvalue weighted by Gasteiger charge is 2.39. The van der Waals surface area contributed by atoms with Gasteiger partial charge in [0.25, 0.3) is 5.56 Å². The fourth-order valence-corrected chi connectivity index (χ4v) is 3.71. The van der Waals surface area contributed by atoms with Gasteiger partial charge in [-0.15, -0.1) is 0 Å². The lowest BCUT2D eigenvalue weighted by Crippen LogP contribution is -2.21. The molecule has 0 aromatic carbocycles. The molecule has 3 unspecified atom stereocenters. The van der Waals surface area contributed by atoms with Gasteiger partial charge in [0.15, 0.2) is 0 Å². The van der Waals surface area contributed by atoms with E-state index in [1.165, 1.54) is 25.7 Å². The normalized spacial score (nSPS) is 30.8. The van der Waals surface area contributed by atoms with Crippen molar-refractivity contribution in [2.45, 2.75) is 25.7 Å². The molecule has 1 aromatic rings. The van der Waals surface area contributed by atoms with Crippen LogP contribution in [0.15, 0.2) is 15.5 Å². The average Bonchev–Trinajstić information content (AvgIpc) is 2.93. The van der Waals surface area contributed by atoms with Gasteiger partial charge in [-0.3, -0.25) is 4.79 Å². The van der Waals surface area contributed by atoms with E-state index in [4.69, 9.17) is 0 Å². The molecule has 5 heteroatoms. The summed E-state index contributed by atoms with van der Waals surface area (Å²) in [6.45, 7) is 0.963. The first-order valence-corrected chi connectivity index (χ1v) is 7.00. The molecule has 3 rings (SSSR count). The molecule has 2 saturated carbocycles. The summed E-state index contributed by atoms with van der Waals surface area (Å²) in [5.74, 6) is 2.65. The van der Waals surface area contributed by atoms with Crippen LogP contribution in [0.4, 0.5) is 5.69 Å². The molecule has 2 N–H and O–H groups in total. The molecule has 0 amide bonds. The summed E-state index contributed by atoms with van der Waals surface area (Å²) in [4.78, 5) is 11.4. The topological polar surface area (TPSA) is 57.8 Å². The second kappa shape index (κ2) is 4.44. The van der Waals surface area contributed by atoms with Crippen molar-refractivity contribution in [2.75, 3.05) is 11.9 Å². The minimum atomic E-state index is -0.178. The fourth-order valence-electron chi connectivity index (χ4n) is 3.37. The SMILES string of the molecule is O=c1[nH]ncc(NCC2CC3CCC2C3)c1Br. The molecule has 2 bridgehead atoms. The number of anilines is 1. The Labute approximate surface area is 108 Å². The Morgan fingerprint density at radius 3 is 3.06 bits per heavy atom. The molecule has 0 aliphatic heterocycles. The van der Waals surface area contributed by atoms with Gasteiger partial charge in [-0.05, 0) is 52.9 Å². The molecule has 1 heterocycles. The Hall–Kier alpha value is -0.840. The van der Waals surface area contributed by atoms with Crippen LogP contribution in [0.1, 0.15) is 25.7 Å². The first-order chi connectivity index (χ1) is 8.24. The monoisotopic (exact) mass is 297 g/mol. The zero-order valence-electron chi connectivity index (χ0n) is 9.58. The molecule has 17 heavy (non-hydrogen) atoms. The van der Waals surface area contributed by atoms with Crippen molar-refractivity contribution in [3.05, 3.63) is 21.0 Å². The Balaban J connectivity index is 1.64. The van der Waals surface area contributed by atoms with E-state index in [2.05, 4.69) is 31.4 Å². The van der Waals surface area contributed by atoms with Crippen molar-refractivity contribution < 1.29 is 0 Å². The van der Waals surface area contributed by atoms with Crippen LogP contribution in [0.2, 0.25) is 0 Å². The van der Waals surface area contributed by atoms with Crippen LogP contribution in [0.5, 0.6) is 0 Å². The van der Waals surface area contributed by atoms with Gasteiger partial charge in [0.05, 0.1) is 11.9 Å². The van der Waals surface area contributed by atoms with E-state index in [-0.39, 0.29) is 5.56 Å². The summed E-state index contributed by atoms with van der Waals surface area (Å²) in [5, 5.41) is 9.56. The second-order valence-corrected chi connectivity index (χ2v) is 6.04. The van der Waals surface area contributed by atoms with Crippen LogP contribution in [-0.4, -0.2) is 16.7 Å². The quantitative estimate of drug-likeness (QED) is 0.901. The molecule has 0 spiro atoms. The molecular formula is C12H16BrN3O. The maximum Gasteiger partial charge on any atom is 0.280 e. The first-order valence-electron chi connectivity index (χ1n) is 6.21. The molecule has 1 aromatic heterocycles. The van der Waals surface area contributed by atoms with Gasteiger partial charge in [0.2, 0.25) is 0 Å². The molecule has 0 saturated heterocycles. The van der Waals surface area contributed by atoms with Crippen molar-refractivity contribution in [1.82, 2.24) is 10.2 Å². The van der Waals surface area contributed by atoms with Crippen molar-refractivity contribution in [2.24, 2.45) is 17.8 Å². The lowest BCUT2D eigenvalue weighted by atomic mass is 9.89. The Kier molecular flexibility index (Phi) is 2.94. The van der Waals surface area contributed by atoms with Gasteiger partial charge in [-0.2, -0.15) is 5.10 Å². The third-order valence-electron chi connectivity index (χ3n) is 4.23. The van der Waals surface area contributed by atoms with Gasteiger partial charge >= 0.3 is 0 Å². The van der Waals surface area contributed by atoms with E-state index in [1.807, 2.05) is 0 Å². The van der Waals surface area contributed by atoms with Crippen molar-refractivity contribution in [1.29, 1.82) is 0 Å². The second-order valence-electron chi connectivity index (χ2n) is 5.24. The van der Waals surface area contributed by atoms with Gasteiger partial charge in [0, 0.05) is 6.54 Å². The molecule has 3 atom stereocenters. The van der Waals surface area contributed by atoms with Gasteiger partial charge < -0.3 is 5.32 Å². The van der Waals surface area contributed by atoms with Gasteiger partial charge in [0.1, 0.15) is 4.47 Å². The third kappa shape index (κ3) is 2.12. The molecule has 2 aliphatic rings. The maximum atomic E-state index is 11.4. The van der Waals surface area contributed by atoms with Crippen LogP contribution >= 0.6 is 15.9 Å². The summed E-state index contributed by atoms with van der Waals surface area (Å²) in [6, 6.07) is 0. The van der Waals surface area contributed by atoms with E-state index in [0.29, 0.717) is 4.47 Å². The van der Waals surface area contributed by atoms with Gasteiger partial charge in [-0.25, -0.2) is 5.10 Å². The van der Waals surface area contributed by atoms with Crippen LogP contribution < -0.4 is 10.9 Å². The van der Waals surface area contributed by atoms with Gasteiger partial charge in [-0.1, -0.05) is 6.42 Å². The van der Waals surface area contributed by atoms with E-state index >= 15 is 0 Å². The number of hydrogen-bond donors (Lipinski definition) is 2. The standard InChI is InChI=1S/C12H16BrN3O/c13-11-10(6-15-16-12(11)17)14-5-9-4-7-1-2-8(9)3-7/h6-9H,1-5H2,(H2,14,16,17). The number of aromatic nitrogens is 2. The average molecular weight is 298 g/mol. The van der Waals surface area contributed by atoms with Crippen LogP contribution in [-0.2, 0) is 0 Å². The minimum Gasteiger partial charge on any atom is -0.382 e. The molecular weight excluding hydrogens is 282 g/mol. The van der Waals surface area contributed by atoms with E-state index in [0.717, 1.165) is 30.0 Å². The summed E-state index contributed by atoms with van der Waals surface area (Å²) >= 11 is 3.28. The number of halogens is 1. The summed E-state index contributed by atoms with van der Waals surface area (Å²) in [6.07, 6.45) is 7.26. The highest BCUT2D eigenvalue weighted by molar-refractivity contribution is 9.10. The molecule has 0 radical (unpaired) electrons. The summed E-state index contributed by atoms with van der Waals surface area (Å²) in [7, 11) is 0. The van der Waals surface area contributed by atoms with Crippen LogP contribution in [0.3, 0.4) is 0 Å². The van der Waals surface area contributed by atoms with Crippen molar-refractivity contribution in [3.8, 4) is 0 Å².